The molecule has 0 saturated carbocycles. The fourth-order valence-electron chi connectivity index (χ4n) is 2.26. The van der Waals surface area contributed by atoms with Crippen LogP contribution < -0.4 is 5.73 Å². The third-order valence-corrected chi connectivity index (χ3v) is 4.25. The molecule has 0 amide bonds. The molecule has 102 valence electrons. The van der Waals surface area contributed by atoms with Crippen molar-refractivity contribution >= 4 is 32.9 Å². The summed E-state index contributed by atoms with van der Waals surface area (Å²) in [6.45, 7) is 3.74. The first-order valence-electron chi connectivity index (χ1n) is 6.18. The van der Waals surface area contributed by atoms with Crippen LogP contribution in [0.2, 0.25) is 0 Å². The van der Waals surface area contributed by atoms with Gasteiger partial charge in [0.05, 0.1) is 11.0 Å². The maximum Gasteiger partial charge on any atom is 0.205 e. The fourth-order valence-corrected chi connectivity index (χ4v) is 2.51. The minimum Gasteiger partial charge on any atom is -0.369 e. The highest BCUT2D eigenvalue weighted by atomic mass is 79.9. The van der Waals surface area contributed by atoms with Crippen LogP contribution in [0.5, 0.6) is 0 Å². The summed E-state index contributed by atoms with van der Waals surface area (Å²) in [5.41, 5.74) is 9.95. The summed E-state index contributed by atoms with van der Waals surface area (Å²) in [5, 5.41) is 0. The quantitative estimate of drug-likeness (QED) is 0.727. The monoisotopic (exact) mass is 333 g/mol. The number of aryl methyl sites for hydroxylation is 2. The number of anilines is 1. The largest absolute Gasteiger partial charge is 0.369 e. The first-order valence-corrected chi connectivity index (χ1v) is 6.97. The lowest BCUT2D eigenvalue weighted by Gasteiger charge is -2.09. The number of aromatic nitrogens is 2. The van der Waals surface area contributed by atoms with Gasteiger partial charge in [-0.1, -0.05) is 15.9 Å². The number of nitrogens with two attached hydrogens (primary N) is 1. The molecule has 2 N–H and O–H groups in total. The van der Waals surface area contributed by atoms with E-state index < -0.39 is 0 Å². The molecule has 0 aliphatic rings. The highest BCUT2D eigenvalue weighted by molar-refractivity contribution is 9.10. The molecule has 3 nitrogen and oxygen atoms in total. The first kappa shape index (κ1) is 13.1. The average Bonchev–Trinajstić information content (AvgIpc) is 2.69. The molecule has 1 heterocycles. The number of nitrogen functional groups attached to an aromatic ring is 1. The van der Waals surface area contributed by atoms with Crippen LogP contribution in [0, 0.1) is 19.7 Å². The number of hydrogen-bond acceptors (Lipinski definition) is 2. The third-order valence-electron chi connectivity index (χ3n) is 3.36. The van der Waals surface area contributed by atoms with Crippen molar-refractivity contribution in [3.8, 4) is 5.69 Å². The number of nitrogens with zero attached hydrogens (tertiary/aromatic N) is 2. The lowest BCUT2D eigenvalue weighted by Crippen LogP contribution is -2.01. The molecule has 2 aromatic carbocycles. The van der Waals surface area contributed by atoms with Crippen molar-refractivity contribution in [2.24, 2.45) is 0 Å². The Morgan fingerprint density at radius 1 is 1.15 bits per heavy atom. The normalized spacial score (nSPS) is 11.2. The standard InChI is InChI=1S/C15H13BrFN3/c1-8-5-10(3-4-11(8)16)20-14-6-9(2)12(17)7-13(14)19-15(20)18/h3-7H,1-2H3,(H2,18,19). The Labute approximate surface area is 124 Å². The Kier molecular flexibility index (Phi) is 3.01. The number of benzene rings is 2. The maximum atomic E-state index is 13.6. The molecule has 0 bridgehead atoms. The second kappa shape index (κ2) is 4.59. The van der Waals surface area contributed by atoms with Gasteiger partial charge in [0.15, 0.2) is 0 Å². The van der Waals surface area contributed by atoms with Gasteiger partial charge in [0.25, 0.3) is 0 Å². The lowest BCUT2D eigenvalue weighted by atomic mass is 10.2. The summed E-state index contributed by atoms with van der Waals surface area (Å²) < 4.78 is 16.5. The number of imidazole rings is 1. The van der Waals surface area contributed by atoms with E-state index in [1.54, 1.807) is 13.0 Å². The van der Waals surface area contributed by atoms with Gasteiger partial charge in [-0.25, -0.2) is 9.37 Å². The first-order chi connectivity index (χ1) is 9.47. The average molecular weight is 334 g/mol. The predicted molar refractivity (Wildman–Crippen MR) is 82.6 cm³/mol. The Morgan fingerprint density at radius 2 is 1.90 bits per heavy atom. The summed E-state index contributed by atoms with van der Waals surface area (Å²) in [6.07, 6.45) is 0. The Morgan fingerprint density at radius 3 is 2.60 bits per heavy atom. The molecule has 0 saturated heterocycles. The Balaban J connectivity index is 2.32. The fraction of sp³-hybridized carbons (Fsp3) is 0.133. The summed E-state index contributed by atoms with van der Waals surface area (Å²) in [6, 6.07) is 9.12. The van der Waals surface area contributed by atoms with E-state index in [0.717, 1.165) is 21.2 Å². The minimum absolute atomic E-state index is 0.269. The van der Waals surface area contributed by atoms with Crippen molar-refractivity contribution in [3.05, 3.63) is 51.7 Å². The molecule has 0 unspecified atom stereocenters. The van der Waals surface area contributed by atoms with E-state index in [4.69, 9.17) is 5.73 Å². The molecular weight excluding hydrogens is 321 g/mol. The number of halogens is 2. The van der Waals surface area contributed by atoms with Gasteiger partial charge in [-0.15, -0.1) is 0 Å². The summed E-state index contributed by atoms with van der Waals surface area (Å²) in [7, 11) is 0. The lowest BCUT2D eigenvalue weighted by molar-refractivity contribution is 0.620. The van der Waals surface area contributed by atoms with Crippen LogP contribution in [-0.4, -0.2) is 9.55 Å². The zero-order chi connectivity index (χ0) is 14.4. The molecule has 0 fully saturated rings. The van der Waals surface area contributed by atoms with E-state index in [1.165, 1.54) is 6.07 Å². The molecule has 20 heavy (non-hydrogen) atoms. The molecule has 1 aromatic heterocycles. The molecule has 5 heteroatoms. The van der Waals surface area contributed by atoms with E-state index in [2.05, 4.69) is 20.9 Å². The van der Waals surface area contributed by atoms with Crippen LogP contribution in [0.25, 0.3) is 16.7 Å². The van der Waals surface area contributed by atoms with Gasteiger partial charge in [0, 0.05) is 16.2 Å². The third kappa shape index (κ3) is 1.98. The molecule has 0 spiro atoms. The van der Waals surface area contributed by atoms with Crippen LogP contribution in [0.3, 0.4) is 0 Å². The second-order valence-corrected chi connectivity index (χ2v) is 5.68. The predicted octanol–water partition coefficient (Wildman–Crippen LogP) is 4.13. The van der Waals surface area contributed by atoms with Gasteiger partial charge in [-0.2, -0.15) is 0 Å². The van der Waals surface area contributed by atoms with Gasteiger partial charge >= 0.3 is 0 Å². The molecule has 0 atom stereocenters. The smallest absolute Gasteiger partial charge is 0.205 e. The van der Waals surface area contributed by atoms with Crippen molar-refractivity contribution in [2.75, 3.05) is 5.73 Å². The SMILES string of the molecule is Cc1cc2c(cc1F)nc(N)n2-c1ccc(Br)c(C)c1. The number of hydrogen-bond donors (Lipinski definition) is 1. The number of rotatable bonds is 1. The molecule has 3 aromatic rings. The van der Waals surface area contributed by atoms with E-state index in [-0.39, 0.29) is 5.82 Å². The van der Waals surface area contributed by atoms with Crippen LogP contribution in [0.15, 0.2) is 34.8 Å². The summed E-state index contributed by atoms with van der Waals surface area (Å²) in [5.74, 6) is 0.0841. The second-order valence-electron chi connectivity index (χ2n) is 4.83. The highest BCUT2D eigenvalue weighted by Crippen LogP contribution is 2.27. The van der Waals surface area contributed by atoms with E-state index in [0.29, 0.717) is 17.0 Å². The van der Waals surface area contributed by atoms with Crippen molar-refractivity contribution in [1.82, 2.24) is 9.55 Å². The van der Waals surface area contributed by atoms with Gasteiger partial charge in [-0.3, -0.25) is 4.57 Å². The van der Waals surface area contributed by atoms with Crippen LogP contribution in [0.1, 0.15) is 11.1 Å². The van der Waals surface area contributed by atoms with Gasteiger partial charge in [0.1, 0.15) is 5.82 Å². The summed E-state index contributed by atoms with van der Waals surface area (Å²) in [4.78, 5) is 4.23. The van der Waals surface area contributed by atoms with Crippen LogP contribution >= 0.6 is 15.9 Å². The van der Waals surface area contributed by atoms with Gasteiger partial charge in [-0.05, 0) is 49.2 Å². The summed E-state index contributed by atoms with van der Waals surface area (Å²) >= 11 is 3.48. The Bertz CT molecular complexity index is 824. The molecule has 0 aliphatic heterocycles. The van der Waals surface area contributed by atoms with E-state index in [9.17, 15) is 4.39 Å². The zero-order valence-corrected chi connectivity index (χ0v) is 12.7. The minimum atomic E-state index is -0.269. The molecule has 0 aliphatic carbocycles. The van der Waals surface area contributed by atoms with Crippen LogP contribution in [-0.2, 0) is 0 Å². The van der Waals surface area contributed by atoms with Gasteiger partial charge in [0.2, 0.25) is 5.95 Å². The molecule has 0 radical (unpaired) electrons. The van der Waals surface area contributed by atoms with Crippen molar-refractivity contribution in [1.29, 1.82) is 0 Å². The zero-order valence-electron chi connectivity index (χ0n) is 11.1. The van der Waals surface area contributed by atoms with E-state index >= 15 is 0 Å². The van der Waals surface area contributed by atoms with E-state index in [1.807, 2.05) is 29.7 Å². The van der Waals surface area contributed by atoms with Gasteiger partial charge < -0.3 is 5.73 Å². The van der Waals surface area contributed by atoms with Crippen molar-refractivity contribution in [2.45, 2.75) is 13.8 Å². The van der Waals surface area contributed by atoms with Crippen molar-refractivity contribution < 1.29 is 4.39 Å². The molecular formula is C15H13BrFN3. The molecule has 3 rings (SSSR count). The topological polar surface area (TPSA) is 43.8 Å². The maximum absolute atomic E-state index is 13.6. The Hall–Kier alpha value is -1.88. The number of fused-ring (bicyclic) bond motifs is 1. The van der Waals surface area contributed by atoms with Crippen LogP contribution in [0.4, 0.5) is 10.3 Å². The van der Waals surface area contributed by atoms with Crippen molar-refractivity contribution in [3.63, 3.8) is 0 Å². The highest BCUT2D eigenvalue weighted by Gasteiger charge is 2.13.